The van der Waals surface area contributed by atoms with E-state index < -0.39 is 32.3 Å². The monoisotopic (exact) mass is 503 g/mol. The fourth-order valence-electron chi connectivity index (χ4n) is 4.49. The van der Waals surface area contributed by atoms with E-state index in [9.17, 15) is 18.0 Å². The van der Waals surface area contributed by atoms with E-state index in [2.05, 4.69) is 32.8 Å². The van der Waals surface area contributed by atoms with Gasteiger partial charge in [0, 0.05) is 0 Å². The molecule has 1 aromatic carbocycles. The lowest BCUT2D eigenvalue weighted by Gasteiger charge is -2.40. The van der Waals surface area contributed by atoms with Gasteiger partial charge in [0.2, 0.25) is 5.91 Å². The van der Waals surface area contributed by atoms with Gasteiger partial charge in [0.25, 0.3) is 0 Å². The molecule has 7 nitrogen and oxygen atoms in total. The van der Waals surface area contributed by atoms with Gasteiger partial charge in [0.05, 0.1) is 17.3 Å². The van der Waals surface area contributed by atoms with Gasteiger partial charge in [-0.3, -0.25) is 19.9 Å². The molecule has 0 spiro atoms. The Balaban J connectivity index is 2.01. The molecule has 3 N–H and O–H groups in total. The van der Waals surface area contributed by atoms with Crippen LogP contribution in [0.15, 0.2) is 54.4 Å². The number of Topliss-reactive ketones (excluding diaryl/α,β-unsaturated/α-hetero) is 1. The van der Waals surface area contributed by atoms with Crippen molar-refractivity contribution in [3.05, 3.63) is 70.4 Å². The number of nitrogens with one attached hydrogen (secondary N) is 1. The smallest absolute Gasteiger partial charge is 0.239 e. The molecule has 0 bridgehead atoms. The standard InChI is InChI=1S/C25H33N3O4S2/c1-5-22(17-10-12-18(13-11-17)25(2,3)4)34(31,32)24-19(23(30)27-26)8-6-14-28(24)16-20(29)21-9-7-15-33-21/h5,7,9-13,15,19,22,24H,1,6,8,14,16,26H2,2-4H3,(H,27,30). The summed E-state index contributed by atoms with van der Waals surface area (Å²) < 4.78 is 28.1. The number of nitrogens with two attached hydrogens (primary N) is 1. The third-order valence-corrected chi connectivity index (χ3v) is 9.68. The number of piperidine rings is 1. The zero-order valence-electron chi connectivity index (χ0n) is 19.9. The summed E-state index contributed by atoms with van der Waals surface area (Å²) >= 11 is 1.31. The van der Waals surface area contributed by atoms with E-state index in [0.717, 1.165) is 5.56 Å². The highest BCUT2D eigenvalue weighted by Crippen LogP contribution is 2.37. The molecule has 1 aliphatic heterocycles. The number of hydrazine groups is 1. The van der Waals surface area contributed by atoms with Crippen LogP contribution < -0.4 is 11.3 Å². The Kier molecular flexibility index (Phi) is 8.13. The lowest BCUT2D eigenvalue weighted by molar-refractivity contribution is -0.127. The van der Waals surface area contributed by atoms with Crippen LogP contribution >= 0.6 is 11.3 Å². The van der Waals surface area contributed by atoms with Gasteiger partial charge >= 0.3 is 0 Å². The minimum absolute atomic E-state index is 0.0757. The number of hydrogen-bond acceptors (Lipinski definition) is 7. The minimum atomic E-state index is -4.00. The van der Waals surface area contributed by atoms with Gasteiger partial charge < -0.3 is 0 Å². The summed E-state index contributed by atoms with van der Waals surface area (Å²) in [4.78, 5) is 27.7. The first-order valence-corrected chi connectivity index (χ1v) is 13.8. The van der Waals surface area contributed by atoms with E-state index in [4.69, 9.17) is 5.84 Å². The molecular formula is C25H33N3O4S2. The second kappa shape index (κ2) is 10.5. The van der Waals surface area contributed by atoms with Gasteiger partial charge in [0.1, 0.15) is 10.6 Å². The SMILES string of the molecule is C=CC(c1ccc(C(C)(C)C)cc1)S(=O)(=O)C1C(C(=O)NN)CCCN1CC(=O)c1cccs1. The third kappa shape index (κ3) is 5.49. The molecular weight excluding hydrogens is 470 g/mol. The molecule has 2 aromatic rings. The van der Waals surface area contributed by atoms with Crippen LogP contribution in [-0.4, -0.2) is 43.5 Å². The topological polar surface area (TPSA) is 110 Å². The van der Waals surface area contributed by atoms with Crippen LogP contribution in [0.4, 0.5) is 0 Å². The van der Waals surface area contributed by atoms with Crippen molar-refractivity contribution in [2.45, 2.75) is 49.7 Å². The van der Waals surface area contributed by atoms with Crippen molar-refractivity contribution in [1.29, 1.82) is 0 Å². The number of benzene rings is 1. The maximum absolute atomic E-state index is 14.1. The third-order valence-electron chi connectivity index (χ3n) is 6.30. The van der Waals surface area contributed by atoms with E-state index in [1.54, 1.807) is 34.5 Å². The van der Waals surface area contributed by atoms with Crippen molar-refractivity contribution in [3.63, 3.8) is 0 Å². The molecule has 1 aromatic heterocycles. The molecule has 1 saturated heterocycles. The van der Waals surface area contributed by atoms with Crippen LogP contribution in [0.1, 0.15) is 59.7 Å². The first kappa shape index (κ1) is 26.3. The molecule has 1 amide bonds. The van der Waals surface area contributed by atoms with Crippen molar-refractivity contribution < 1.29 is 18.0 Å². The number of nitrogens with zero attached hydrogens (tertiary/aromatic N) is 1. The molecule has 9 heteroatoms. The molecule has 34 heavy (non-hydrogen) atoms. The summed E-state index contributed by atoms with van der Waals surface area (Å²) in [6, 6.07) is 10.9. The van der Waals surface area contributed by atoms with E-state index in [1.165, 1.54) is 17.4 Å². The second-order valence-electron chi connectivity index (χ2n) is 9.64. The number of hydrogen-bond donors (Lipinski definition) is 2. The number of amides is 1. The van der Waals surface area contributed by atoms with Crippen molar-refractivity contribution in [3.8, 4) is 0 Å². The van der Waals surface area contributed by atoms with Gasteiger partial charge in [-0.1, -0.05) is 57.2 Å². The Morgan fingerprint density at radius 3 is 2.47 bits per heavy atom. The number of sulfone groups is 1. The van der Waals surface area contributed by atoms with Crippen LogP contribution in [-0.2, 0) is 20.0 Å². The number of thiophene rings is 1. The number of rotatable bonds is 8. The quantitative estimate of drug-likeness (QED) is 0.187. The van der Waals surface area contributed by atoms with Crippen molar-refractivity contribution >= 4 is 32.9 Å². The maximum Gasteiger partial charge on any atom is 0.239 e. The molecule has 1 fully saturated rings. The van der Waals surface area contributed by atoms with E-state index in [-0.39, 0.29) is 17.7 Å². The average Bonchev–Trinajstić information content (AvgIpc) is 3.33. The van der Waals surface area contributed by atoms with Gasteiger partial charge in [-0.25, -0.2) is 14.3 Å². The fraction of sp³-hybridized carbons (Fsp3) is 0.440. The fourth-order valence-corrected chi connectivity index (χ4v) is 7.57. The normalized spacial score (nSPS) is 20.5. The van der Waals surface area contributed by atoms with Crippen LogP contribution in [0, 0.1) is 5.92 Å². The van der Waals surface area contributed by atoms with Gasteiger partial charge in [-0.15, -0.1) is 17.9 Å². The highest BCUT2D eigenvalue weighted by molar-refractivity contribution is 7.92. The second-order valence-corrected chi connectivity index (χ2v) is 12.8. The number of likely N-dealkylation sites (tertiary alicyclic amines) is 1. The molecule has 3 unspecified atom stereocenters. The predicted octanol–water partition coefficient (Wildman–Crippen LogP) is 3.60. The van der Waals surface area contributed by atoms with Gasteiger partial charge in [-0.2, -0.15) is 0 Å². The number of carbonyl (C=O) groups is 2. The zero-order valence-corrected chi connectivity index (χ0v) is 21.5. The Morgan fingerprint density at radius 2 is 1.94 bits per heavy atom. The Morgan fingerprint density at radius 1 is 1.26 bits per heavy atom. The molecule has 2 heterocycles. The van der Waals surface area contributed by atoms with Gasteiger partial charge in [0.15, 0.2) is 15.6 Å². The Labute approximate surface area is 205 Å². The summed E-state index contributed by atoms with van der Waals surface area (Å²) in [5.74, 6) is 3.80. The molecule has 184 valence electrons. The minimum Gasteiger partial charge on any atom is -0.294 e. The van der Waals surface area contributed by atoms with Crippen molar-refractivity contribution in [2.75, 3.05) is 13.1 Å². The summed E-state index contributed by atoms with van der Waals surface area (Å²) in [6.45, 7) is 10.4. The van der Waals surface area contributed by atoms with Crippen LogP contribution in [0.2, 0.25) is 0 Å². The lowest BCUT2D eigenvalue weighted by Crippen LogP contribution is -2.57. The summed E-state index contributed by atoms with van der Waals surface area (Å²) in [5, 5.41) is -0.423. The zero-order chi connectivity index (χ0) is 25.1. The lowest BCUT2D eigenvalue weighted by atomic mass is 9.86. The van der Waals surface area contributed by atoms with E-state index in [1.807, 2.05) is 12.1 Å². The number of ketones is 1. The largest absolute Gasteiger partial charge is 0.294 e. The Hall–Kier alpha value is -2.33. The predicted molar refractivity (Wildman–Crippen MR) is 136 cm³/mol. The first-order chi connectivity index (χ1) is 16.0. The first-order valence-electron chi connectivity index (χ1n) is 11.3. The molecule has 1 aliphatic rings. The molecule has 0 saturated carbocycles. The summed E-state index contributed by atoms with van der Waals surface area (Å²) in [5.41, 5.74) is 3.70. The van der Waals surface area contributed by atoms with E-state index >= 15 is 0 Å². The highest BCUT2D eigenvalue weighted by Gasteiger charge is 2.47. The van der Waals surface area contributed by atoms with Gasteiger partial charge in [-0.05, 0) is 47.4 Å². The Bertz CT molecular complexity index is 1120. The van der Waals surface area contributed by atoms with Crippen LogP contribution in [0.3, 0.4) is 0 Å². The summed E-state index contributed by atoms with van der Waals surface area (Å²) in [7, 11) is -4.00. The van der Waals surface area contributed by atoms with Crippen LogP contribution in [0.25, 0.3) is 0 Å². The number of carbonyl (C=O) groups excluding carboxylic acids is 2. The van der Waals surface area contributed by atoms with Crippen molar-refractivity contribution in [2.24, 2.45) is 11.8 Å². The molecule has 3 rings (SSSR count). The maximum atomic E-state index is 14.1. The average molecular weight is 504 g/mol. The molecule has 3 atom stereocenters. The molecule has 0 aliphatic carbocycles. The highest BCUT2D eigenvalue weighted by atomic mass is 32.2. The molecule has 0 radical (unpaired) electrons. The van der Waals surface area contributed by atoms with Crippen molar-refractivity contribution in [1.82, 2.24) is 10.3 Å². The summed E-state index contributed by atoms with van der Waals surface area (Å²) in [6.07, 6.45) is 2.34. The van der Waals surface area contributed by atoms with Crippen LogP contribution in [0.5, 0.6) is 0 Å². The van der Waals surface area contributed by atoms with E-state index in [0.29, 0.717) is 29.8 Å².